The van der Waals surface area contributed by atoms with E-state index in [0.717, 1.165) is 11.1 Å². The van der Waals surface area contributed by atoms with E-state index in [-0.39, 0.29) is 45.1 Å². The molecule has 26 heteroatoms. The number of hydrogen-bond acceptors (Lipinski definition) is 16. The maximum Gasteiger partial charge on any atom is 0.417 e. The zero-order chi connectivity index (χ0) is 60.9. The van der Waals surface area contributed by atoms with Gasteiger partial charge < -0.3 is 31.7 Å². The molecule has 7 rings (SSSR count). The van der Waals surface area contributed by atoms with Crippen molar-refractivity contribution in [3.63, 3.8) is 0 Å². The molecule has 0 saturated carbocycles. The number of ether oxygens (including phenoxy) is 1. The molecule has 0 spiro atoms. The largest absolute Gasteiger partial charge is 0.417 e. The third kappa shape index (κ3) is 20.2. The molecule has 5 amide bonds. The van der Waals surface area contributed by atoms with Gasteiger partial charge in [0.25, 0.3) is 5.69 Å². The maximum atomic E-state index is 13.3. The number of nitrogens with one attached hydrogen (secondary N) is 7. The topological polar surface area (TPSA) is 325 Å². The van der Waals surface area contributed by atoms with E-state index in [2.05, 4.69) is 46.0 Å². The first-order valence-corrected chi connectivity index (χ1v) is 29.9. The van der Waals surface area contributed by atoms with Crippen LogP contribution in [0.4, 0.5) is 38.0 Å². The van der Waals surface area contributed by atoms with Gasteiger partial charge in [-0.05, 0) is 146 Å². The monoisotopic (exact) mass is 1200 g/mol. The van der Waals surface area contributed by atoms with Gasteiger partial charge in [-0.1, -0.05) is 26.0 Å². The molecule has 0 fully saturated rings. The van der Waals surface area contributed by atoms with Gasteiger partial charge in [-0.15, -0.1) is 22.7 Å². The summed E-state index contributed by atoms with van der Waals surface area (Å²) in [6, 6.07) is 28.7. The second-order valence-corrected chi connectivity index (χ2v) is 26.3. The molecule has 0 radical (unpaired) electrons. The van der Waals surface area contributed by atoms with E-state index >= 15 is 0 Å². The number of hydrogen-bond donors (Lipinski definition) is 8. The molecule has 0 atom stereocenters. The van der Waals surface area contributed by atoms with E-state index in [4.69, 9.17) is 10.5 Å². The standard InChI is InChI=1S/C28H27N5O7S2.C25H31N5O4S2.C3H9N/c1-17(34)30-20-9-14-23(25(15-20)42(38,39)32-28(2,3)4)24-16-29-26(41-24)18-5-7-19(8-6-18)31-27(35)40-22-12-10-21(11-13-22)33(36)37;1-15(2)27-24(32)29-18-9-7-17(8-10-18)23-26-14-21(35-23)20-12-11-19(28-16(3)31)13-22(20)36(33,34)30-25(4,5)6;1-3(2)4/h5-16,32H,1-4H3,(H,30,34)(H,31,35);7-15,30H,1-6H3,(H,28,31)(H2,27,29,32);3H,4H2,1-2H3. The van der Waals surface area contributed by atoms with Gasteiger partial charge in [-0.2, -0.15) is 0 Å². The summed E-state index contributed by atoms with van der Waals surface area (Å²) in [6.07, 6.45) is 2.44. The molecule has 0 aliphatic rings. The van der Waals surface area contributed by atoms with E-state index in [0.29, 0.717) is 59.7 Å². The van der Waals surface area contributed by atoms with Crippen LogP contribution in [0.15, 0.2) is 131 Å². The SMILES string of the molecule is CC(=O)Nc1ccc(-c2cnc(-c3ccc(NC(=O)NC(C)C)cc3)s2)c(S(=O)(=O)NC(C)(C)C)c1.CC(=O)Nc1ccc(-c2cnc(-c3ccc(NC(=O)Oc4ccc([N+](=O)[O-])cc4)cc3)s2)c(S(=O)(=O)NC(C)(C)C)c1.CC(C)N. The Morgan fingerprint density at radius 3 is 1.32 bits per heavy atom. The maximum absolute atomic E-state index is 13.3. The molecule has 5 aromatic carbocycles. The van der Waals surface area contributed by atoms with E-state index in [1.54, 1.807) is 115 Å². The van der Waals surface area contributed by atoms with Crippen molar-refractivity contribution >= 4 is 95.1 Å². The molecule has 0 aliphatic heterocycles. The first-order valence-electron chi connectivity index (χ1n) is 25.3. The average molecular weight is 1200 g/mol. The number of sulfonamides is 2. The molecule has 0 saturated heterocycles. The number of nitrogens with zero attached hydrogens (tertiary/aromatic N) is 3. The lowest BCUT2D eigenvalue weighted by Crippen LogP contribution is -2.40. The molecular formula is C56H67N11O11S4. The van der Waals surface area contributed by atoms with Crippen LogP contribution in [0.25, 0.3) is 42.0 Å². The Balaban J connectivity index is 0.000000285. The lowest BCUT2D eigenvalue weighted by molar-refractivity contribution is -0.384. The number of benzene rings is 5. The van der Waals surface area contributed by atoms with Crippen molar-refractivity contribution in [1.29, 1.82) is 0 Å². The number of nitro groups is 1. The van der Waals surface area contributed by atoms with Crippen LogP contribution in [0.5, 0.6) is 5.75 Å². The minimum absolute atomic E-state index is 0.00459. The smallest absolute Gasteiger partial charge is 0.410 e. The molecule has 0 aliphatic carbocycles. The molecule has 22 nitrogen and oxygen atoms in total. The quantitative estimate of drug-likeness (QED) is 0.0350. The number of amides is 5. The number of rotatable bonds is 15. The number of nitro benzene ring substituents is 1. The van der Waals surface area contributed by atoms with E-state index in [9.17, 15) is 46.1 Å². The summed E-state index contributed by atoms with van der Waals surface area (Å²) in [5.74, 6) is -0.476. The summed E-state index contributed by atoms with van der Waals surface area (Å²) in [5, 5.41) is 25.5. The first kappa shape index (κ1) is 64.8. The van der Waals surface area contributed by atoms with Gasteiger partial charge in [0.05, 0.1) is 24.5 Å². The molecule has 9 N–H and O–H groups in total. The Hall–Kier alpha value is -7.98. The number of carbonyl (C=O) groups is 4. The summed E-state index contributed by atoms with van der Waals surface area (Å²) in [6.45, 7) is 20.9. The van der Waals surface area contributed by atoms with Crippen LogP contribution >= 0.6 is 22.7 Å². The number of nitrogens with two attached hydrogens (primary N) is 1. The lowest BCUT2D eigenvalue weighted by Gasteiger charge is -2.22. The molecule has 0 unspecified atom stereocenters. The zero-order valence-electron chi connectivity index (χ0n) is 47.2. The normalized spacial score (nSPS) is 11.5. The molecular weight excluding hydrogens is 1130 g/mol. The van der Waals surface area contributed by atoms with Crippen LogP contribution in [0.1, 0.15) is 83.1 Å². The third-order valence-electron chi connectivity index (χ3n) is 10.1. The first-order chi connectivity index (χ1) is 38.2. The highest BCUT2D eigenvalue weighted by Crippen LogP contribution is 2.39. The molecule has 436 valence electrons. The second kappa shape index (κ2) is 27.7. The second-order valence-electron chi connectivity index (χ2n) is 21.0. The summed E-state index contributed by atoms with van der Waals surface area (Å²) >= 11 is 2.63. The fourth-order valence-corrected chi connectivity index (χ4v) is 12.5. The minimum atomic E-state index is -3.96. The highest BCUT2D eigenvalue weighted by molar-refractivity contribution is 7.90. The Kier molecular flexibility index (Phi) is 21.9. The molecule has 7 aromatic rings. The predicted molar refractivity (Wildman–Crippen MR) is 324 cm³/mol. The van der Waals surface area contributed by atoms with Gasteiger partial charge in [0, 0.05) is 100 Å². The number of urea groups is 1. The fraction of sp³-hybridized carbons (Fsp3) is 0.286. The molecule has 2 aromatic heterocycles. The summed E-state index contributed by atoms with van der Waals surface area (Å²) in [4.78, 5) is 67.8. The van der Waals surface area contributed by atoms with Crippen LogP contribution in [-0.4, -0.2) is 78.8 Å². The Morgan fingerprint density at radius 1 is 0.585 bits per heavy atom. The third-order valence-corrected chi connectivity index (χ3v) is 15.8. The summed E-state index contributed by atoms with van der Waals surface area (Å²) in [5.41, 5.74) is 7.84. The Labute approximate surface area is 485 Å². The summed E-state index contributed by atoms with van der Waals surface area (Å²) < 4.78 is 63.7. The van der Waals surface area contributed by atoms with Crippen molar-refractivity contribution in [2.45, 2.75) is 116 Å². The fourth-order valence-electron chi connectivity index (χ4n) is 7.15. The lowest BCUT2D eigenvalue weighted by atomic mass is 10.1. The van der Waals surface area contributed by atoms with Gasteiger partial charge in [0.15, 0.2) is 0 Å². The number of non-ortho nitro benzene ring substituents is 1. The number of aromatic nitrogens is 2. The van der Waals surface area contributed by atoms with Crippen molar-refractivity contribution in [2.24, 2.45) is 5.73 Å². The molecule has 2 heterocycles. The molecule has 82 heavy (non-hydrogen) atoms. The highest BCUT2D eigenvalue weighted by Gasteiger charge is 2.28. The van der Waals surface area contributed by atoms with Crippen molar-refractivity contribution in [2.75, 3.05) is 21.3 Å². The van der Waals surface area contributed by atoms with Crippen molar-refractivity contribution in [3.05, 3.63) is 132 Å². The van der Waals surface area contributed by atoms with Gasteiger partial charge in [0.1, 0.15) is 15.8 Å². The minimum Gasteiger partial charge on any atom is -0.410 e. The highest BCUT2D eigenvalue weighted by atomic mass is 32.2. The Bertz CT molecular complexity index is 3630. The van der Waals surface area contributed by atoms with Crippen LogP contribution in [-0.2, 0) is 29.6 Å². The van der Waals surface area contributed by atoms with Crippen LogP contribution < -0.4 is 46.5 Å². The average Bonchev–Trinajstić information content (AvgIpc) is 4.05. The number of carbonyl (C=O) groups excluding carboxylic acids is 4. The predicted octanol–water partition coefficient (Wildman–Crippen LogP) is 11.4. The van der Waals surface area contributed by atoms with Gasteiger partial charge in [-0.25, -0.2) is 45.8 Å². The number of anilines is 4. The zero-order valence-corrected chi connectivity index (χ0v) is 50.5. The van der Waals surface area contributed by atoms with Crippen LogP contribution in [0.3, 0.4) is 0 Å². The van der Waals surface area contributed by atoms with Gasteiger partial charge in [-0.3, -0.25) is 25.0 Å². The molecule has 0 bridgehead atoms. The van der Waals surface area contributed by atoms with Gasteiger partial charge >= 0.3 is 12.1 Å². The Morgan fingerprint density at radius 2 is 0.963 bits per heavy atom. The van der Waals surface area contributed by atoms with E-state index in [1.807, 2.05) is 39.8 Å². The summed E-state index contributed by atoms with van der Waals surface area (Å²) in [7, 11) is -7.87. The van der Waals surface area contributed by atoms with Crippen molar-refractivity contribution < 1.29 is 45.7 Å². The van der Waals surface area contributed by atoms with Gasteiger partial charge in [0.2, 0.25) is 31.9 Å². The van der Waals surface area contributed by atoms with Crippen LogP contribution in [0.2, 0.25) is 0 Å². The van der Waals surface area contributed by atoms with Crippen molar-refractivity contribution in [3.8, 4) is 47.8 Å². The number of thiazole rings is 2. The van der Waals surface area contributed by atoms with Crippen molar-refractivity contribution in [1.82, 2.24) is 24.7 Å². The van der Waals surface area contributed by atoms with E-state index < -0.39 is 42.1 Å². The van der Waals surface area contributed by atoms with E-state index in [1.165, 1.54) is 72.9 Å². The van der Waals surface area contributed by atoms with Crippen LogP contribution in [0, 0.1) is 10.1 Å².